The van der Waals surface area contributed by atoms with Crippen LogP contribution in [0.5, 0.6) is 0 Å². The van der Waals surface area contributed by atoms with E-state index in [0.29, 0.717) is 6.04 Å². The minimum absolute atomic E-state index is 0. The lowest BCUT2D eigenvalue weighted by atomic mass is 10.2. The summed E-state index contributed by atoms with van der Waals surface area (Å²) >= 11 is 0. The van der Waals surface area contributed by atoms with Crippen molar-refractivity contribution in [3.63, 3.8) is 0 Å². The molecule has 3 nitrogen and oxygen atoms in total. The Morgan fingerprint density at radius 3 is 2.45 bits per heavy atom. The summed E-state index contributed by atoms with van der Waals surface area (Å²) in [6.45, 7) is 0.122. The van der Waals surface area contributed by atoms with Gasteiger partial charge in [0.1, 0.15) is 0 Å². The van der Waals surface area contributed by atoms with Gasteiger partial charge in [0.05, 0.1) is 6.54 Å². The number of hydrogen-bond acceptors (Lipinski definition) is 2. The van der Waals surface area contributed by atoms with E-state index in [2.05, 4.69) is 5.32 Å². The highest BCUT2D eigenvalue weighted by atomic mass is 35.5. The quantitative estimate of drug-likeness (QED) is 0.644. The van der Waals surface area contributed by atoms with Crippen LogP contribution in [0.1, 0.15) is 25.7 Å². The zero-order valence-electron chi connectivity index (χ0n) is 6.51. The molecular weight excluding hydrogens is 164 g/mol. The topological polar surface area (TPSA) is 55.1 Å². The van der Waals surface area contributed by atoms with E-state index in [4.69, 9.17) is 5.73 Å². The Hall–Kier alpha value is -0.280. The van der Waals surface area contributed by atoms with E-state index in [0.717, 1.165) is 12.8 Å². The van der Waals surface area contributed by atoms with Gasteiger partial charge < -0.3 is 11.1 Å². The Labute approximate surface area is 73.1 Å². The number of amides is 1. The van der Waals surface area contributed by atoms with Crippen LogP contribution in [0.25, 0.3) is 0 Å². The van der Waals surface area contributed by atoms with Crippen LogP contribution < -0.4 is 11.1 Å². The Kier molecular flexibility index (Phi) is 5.24. The van der Waals surface area contributed by atoms with Crippen molar-refractivity contribution >= 4 is 18.3 Å². The zero-order chi connectivity index (χ0) is 7.40. The average molecular weight is 179 g/mol. The minimum atomic E-state index is -0.0214. The van der Waals surface area contributed by atoms with Gasteiger partial charge in [0.25, 0.3) is 0 Å². The van der Waals surface area contributed by atoms with Gasteiger partial charge in [0, 0.05) is 6.04 Å². The second-order valence-corrected chi connectivity index (χ2v) is 2.75. The Morgan fingerprint density at radius 2 is 2.00 bits per heavy atom. The zero-order valence-corrected chi connectivity index (χ0v) is 7.32. The van der Waals surface area contributed by atoms with Crippen molar-refractivity contribution in [2.75, 3.05) is 6.54 Å². The van der Waals surface area contributed by atoms with E-state index in [9.17, 15) is 4.79 Å². The van der Waals surface area contributed by atoms with Crippen LogP contribution >= 0.6 is 12.4 Å². The van der Waals surface area contributed by atoms with Crippen molar-refractivity contribution in [2.24, 2.45) is 5.73 Å². The molecule has 0 saturated heterocycles. The normalized spacial score (nSPS) is 17.5. The lowest BCUT2D eigenvalue weighted by Crippen LogP contribution is -2.36. The molecule has 0 radical (unpaired) electrons. The smallest absolute Gasteiger partial charge is 0.233 e. The van der Waals surface area contributed by atoms with Gasteiger partial charge in [-0.05, 0) is 12.8 Å². The predicted octanol–water partition coefficient (Wildman–Crippen LogP) is 0.426. The summed E-state index contributed by atoms with van der Waals surface area (Å²) in [4.78, 5) is 10.7. The third kappa shape index (κ3) is 3.58. The molecule has 0 bridgehead atoms. The highest BCUT2D eigenvalue weighted by Gasteiger charge is 2.15. The number of hydrogen-bond donors (Lipinski definition) is 2. The maximum absolute atomic E-state index is 10.7. The second-order valence-electron chi connectivity index (χ2n) is 2.75. The molecule has 4 heteroatoms. The van der Waals surface area contributed by atoms with Crippen LogP contribution in [0, 0.1) is 0 Å². The lowest BCUT2D eigenvalue weighted by molar-refractivity contribution is -0.120. The number of carbonyl (C=O) groups is 1. The molecule has 0 aromatic rings. The van der Waals surface area contributed by atoms with Gasteiger partial charge in [-0.3, -0.25) is 4.79 Å². The van der Waals surface area contributed by atoms with Gasteiger partial charge in [-0.15, -0.1) is 12.4 Å². The van der Waals surface area contributed by atoms with E-state index in [1.165, 1.54) is 12.8 Å². The molecule has 0 heterocycles. The van der Waals surface area contributed by atoms with Gasteiger partial charge >= 0.3 is 0 Å². The van der Waals surface area contributed by atoms with Crippen LogP contribution in [-0.4, -0.2) is 18.5 Å². The SMILES string of the molecule is Cl.NCC(=O)NC1CCCC1. The first-order valence-electron chi connectivity index (χ1n) is 3.82. The molecule has 66 valence electrons. The summed E-state index contributed by atoms with van der Waals surface area (Å²) in [5, 5.41) is 2.86. The average Bonchev–Trinajstić information content (AvgIpc) is 2.40. The summed E-state index contributed by atoms with van der Waals surface area (Å²) in [6.07, 6.45) is 4.75. The lowest BCUT2D eigenvalue weighted by Gasteiger charge is -2.09. The van der Waals surface area contributed by atoms with Crippen molar-refractivity contribution in [1.29, 1.82) is 0 Å². The van der Waals surface area contributed by atoms with E-state index < -0.39 is 0 Å². The first-order chi connectivity index (χ1) is 4.83. The summed E-state index contributed by atoms with van der Waals surface area (Å²) in [6, 6.07) is 0.413. The molecule has 1 aliphatic rings. The standard InChI is InChI=1S/C7H14N2O.ClH/c8-5-7(10)9-6-3-1-2-4-6;/h6H,1-5,8H2,(H,9,10);1H. The Bertz CT molecular complexity index is 124. The molecule has 1 rings (SSSR count). The maximum Gasteiger partial charge on any atom is 0.233 e. The van der Waals surface area contributed by atoms with Crippen molar-refractivity contribution in [2.45, 2.75) is 31.7 Å². The molecule has 1 saturated carbocycles. The first-order valence-corrected chi connectivity index (χ1v) is 3.82. The predicted molar refractivity (Wildman–Crippen MR) is 46.7 cm³/mol. The molecule has 1 aliphatic carbocycles. The van der Waals surface area contributed by atoms with Gasteiger partial charge in [0.2, 0.25) is 5.91 Å². The van der Waals surface area contributed by atoms with Crippen LogP contribution in [0.3, 0.4) is 0 Å². The fourth-order valence-electron chi connectivity index (χ4n) is 1.36. The molecular formula is C7H15ClN2O. The molecule has 0 aromatic heterocycles. The van der Waals surface area contributed by atoms with Crippen molar-refractivity contribution in [3.8, 4) is 0 Å². The summed E-state index contributed by atoms with van der Waals surface area (Å²) in [5.41, 5.74) is 5.14. The summed E-state index contributed by atoms with van der Waals surface area (Å²) in [7, 11) is 0. The summed E-state index contributed by atoms with van der Waals surface area (Å²) in [5.74, 6) is -0.0214. The fourth-order valence-corrected chi connectivity index (χ4v) is 1.36. The number of halogens is 1. The maximum atomic E-state index is 10.7. The van der Waals surface area contributed by atoms with E-state index in [-0.39, 0.29) is 24.9 Å². The molecule has 0 aliphatic heterocycles. The van der Waals surface area contributed by atoms with Crippen LogP contribution in [0.4, 0.5) is 0 Å². The molecule has 11 heavy (non-hydrogen) atoms. The Morgan fingerprint density at radius 1 is 1.45 bits per heavy atom. The van der Waals surface area contributed by atoms with Gasteiger partial charge in [0.15, 0.2) is 0 Å². The van der Waals surface area contributed by atoms with Crippen LogP contribution in [-0.2, 0) is 4.79 Å². The van der Waals surface area contributed by atoms with Crippen molar-refractivity contribution in [1.82, 2.24) is 5.32 Å². The first kappa shape index (κ1) is 10.7. The highest BCUT2D eigenvalue weighted by Crippen LogP contribution is 2.17. The minimum Gasteiger partial charge on any atom is -0.352 e. The van der Waals surface area contributed by atoms with E-state index >= 15 is 0 Å². The van der Waals surface area contributed by atoms with Crippen LogP contribution in [0.15, 0.2) is 0 Å². The number of rotatable bonds is 2. The summed E-state index contributed by atoms with van der Waals surface area (Å²) < 4.78 is 0. The highest BCUT2D eigenvalue weighted by molar-refractivity contribution is 5.85. The molecule has 1 fully saturated rings. The molecule has 0 unspecified atom stereocenters. The van der Waals surface area contributed by atoms with Gasteiger partial charge in [-0.25, -0.2) is 0 Å². The van der Waals surface area contributed by atoms with Crippen molar-refractivity contribution < 1.29 is 4.79 Å². The third-order valence-electron chi connectivity index (χ3n) is 1.91. The monoisotopic (exact) mass is 178 g/mol. The largest absolute Gasteiger partial charge is 0.352 e. The fraction of sp³-hybridized carbons (Fsp3) is 0.857. The molecule has 0 atom stereocenters. The van der Waals surface area contributed by atoms with E-state index in [1.54, 1.807) is 0 Å². The number of carbonyl (C=O) groups excluding carboxylic acids is 1. The van der Waals surface area contributed by atoms with Gasteiger partial charge in [-0.2, -0.15) is 0 Å². The number of nitrogens with one attached hydrogen (secondary N) is 1. The molecule has 0 aromatic carbocycles. The van der Waals surface area contributed by atoms with E-state index in [1.807, 2.05) is 0 Å². The van der Waals surface area contributed by atoms with Crippen LogP contribution in [0.2, 0.25) is 0 Å². The molecule has 3 N–H and O–H groups in total. The van der Waals surface area contributed by atoms with Gasteiger partial charge in [-0.1, -0.05) is 12.8 Å². The molecule has 1 amide bonds. The Balaban J connectivity index is 0.000001000. The van der Waals surface area contributed by atoms with Crippen molar-refractivity contribution in [3.05, 3.63) is 0 Å². The number of nitrogens with two attached hydrogens (primary N) is 1. The molecule has 0 spiro atoms. The second kappa shape index (κ2) is 5.38. The third-order valence-corrected chi connectivity index (χ3v) is 1.91.